The smallest absolute Gasteiger partial charge is 0.227 e. The molecule has 0 radical (unpaired) electrons. The Balaban J connectivity index is 1.26. The minimum atomic E-state index is 0.0559. The van der Waals surface area contributed by atoms with Crippen LogP contribution in [0.1, 0.15) is 43.5 Å². The molecule has 36 heavy (non-hydrogen) atoms. The van der Waals surface area contributed by atoms with Crippen LogP contribution < -0.4 is 14.4 Å². The Labute approximate surface area is 212 Å². The van der Waals surface area contributed by atoms with Crippen molar-refractivity contribution in [2.24, 2.45) is 0 Å². The summed E-state index contributed by atoms with van der Waals surface area (Å²) >= 11 is 0. The molecule has 1 fully saturated rings. The fourth-order valence-corrected chi connectivity index (χ4v) is 4.92. The number of para-hydroxylation sites is 2. The van der Waals surface area contributed by atoms with Gasteiger partial charge in [-0.3, -0.25) is 4.79 Å². The molecule has 1 aliphatic rings. The van der Waals surface area contributed by atoms with E-state index >= 15 is 0 Å². The molecule has 0 N–H and O–H groups in total. The average Bonchev–Trinajstić information content (AvgIpc) is 3.49. The predicted octanol–water partition coefficient (Wildman–Crippen LogP) is 5.99. The van der Waals surface area contributed by atoms with Crippen LogP contribution in [0.3, 0.4) is 0 Å². The number of amides is 1. The third kappa shape index (κ3) is 5.08. The van der Waals surface area contributed by atoms with E-state index in [4.69, 9.17) is 14.5 Å². The summed E-state index contributed by atoms with van der Waals surface area (Å²) in [6, 6.07) is 24.3. The first-order valence-electron chi connectivity index (χ1n) is 12.8. The highest BCUT2D eigenvalue weighted by atomic mass is 16.5. The molecule has 3 aromatic carbocycles. The summed E-state index contributed by atoms with van der Waals surface area (Å²) in [6.45, 7) is 4.31. The average molecular weight is 484 g/mol. The number of ether oxygens (including phenoxy) is 2. The number of methoxy groups -OCH3 is 1. The standard InChI is InChI=1S/C30H33N3O3/c1-3-22-10-14-26(15-11-22)36-19-7-6-18-32-28-9-5-4-8-27(28)31-30(32)23-20-29(34)33(21-23)24-12-16-25(35-2)17-13-24/h4-5,8-17,23H,3,6-7,18-21H2,1-2H3. The Bertz CT molecular complexity index is 1310. The minimum Gasteiger partial charge on any atom is -0.497 e. The maximum atomic E-state index is 13.0. The molecule has 1 saturated heterocycles. The van der Waals surface area contributed by atoms with Crippen LogP contribution in [-0.2, 0) is 17.8 Å². The van der Waals surface area contributed by atoms with Crippen molar-refractivity contribution in [3.63, 3.8) is 0 Å². The predicted molar refractivity (Wildman–Crippen MR) is 143 cm³/mol. The maximum Gasteiger partial charge on any atom is 0.227 e. The summed E-state index contributed by atoms with van der Waals surface area (Å²) in [5, 5.41) is 0. The van der Waals surface area contributed by atoms with Crippen LogP contribution in [-0.4, -0.2) is 35.7 Å². The van der Waals surface area contributed by atoms with Crippen molar-refractivity contribution >= 4 is 22.6 Å². The first kappa shape index (κ1) is 23.9. The van der Waals surface area contributed by atoms with E-state index in [1.165, 1.54) is 5.56 Å². The molecule has 5 rings (SSSR count). The molecule has 186 valence electrons. The molecule has 4 aromatic rings. The number of hydrogen-bond donors (Lipinski definition) is 0. The number of aromatic nitrogens is 2. The monoisotopic (exact) mass is 483 g/mol. The van der Waals surface area contributed by atoms with Gasteiger partial charge in [0.15, 0.2) is 0 Å². The molecule has 1 atom stereocenters. The van der Waals surface area contributed by atoms with Gasteiger partial charge in [-0.1, -0.05) is 31.2 Å². The highest BCUT2D eigenvalue weighted by molar-refractivity contribution is 5.96. The van der Waals surface area contributed by atoms with E-state index in [2.05, 4.69) is 41.8 Å². The van der Waals surface area contributed by atoms with Crippen molar-refractivity contribution in [2.45, 2.75) is 45.1 Å². The number of hydrogen-bond acceptors (Lipinski definition) is 4. The Morgan fingerprint density at radius 2 is 1.69 bits per heavy atom. The van der Waals surface area contributed by atoms with Crippen LogP contribution >= 0.6 is 0 Å². The summed E-state index contributed by atoms with van der Waals surface area (Å²) in [7, 11) is 1.65. The van der Waals surface area contributed by atoms with Crippen molar-refractivity contribution in [1.29, 1.82) is 0 Å². The molecule has 2 heterocycles. The van der Waals surface area contributed by atoms with Gasteiger partial charge in [-0.2, -0.15) is 0 Å². The molecular weight excluding hydrogens is 450 g/mol. The number of imidazole rings is 1. The third-order valence-corrected chi connectivity index (χ3v) is 6.93. The number of benzene rings is 3. The first-order chi connectivity index (χ1) is 17.7. The lowest BCUT2D eigenvalue weighted by Crippen LogP contribution is -2.24. The SMILES string of the molecule is CCc1ccc(OCCCCn2c(C3CC(=O)N(c4ccc(OC)cc4)C3)nc3ccccc32)cc1. The number of fused-ring (bicyclic) bond motifs is 1. The number of aryl methyl sites for hydroxylation is 2. The van der Waals surface area contributed by atoms with Gasteiger partial charge in [-0.15, -0.1) is 0 Å². The van der Waals surface area contributed by atoms with Gasteiger partial charge in [0, 0.05) is 31.1 Å². The van der Waals surface area contributed by atoms with Crippen LogP contribution in [0.4, 0.5) is 5.69 Å². The quantitative estimate of drug-likeness (QED) is 0.260. The van der Waals surface area contributed by atoms with E-state index in [0.717, 1.165) is 59.9 Å². The van der Waals surface area contributed by atoms with Crippen molar-refractivity contribution in [1.82, 2.24) is 9.55 Å². The second kappa shape index (κ2) is 10.9. The van der Waals surface area contributed by atoms with Gasteiger partial charge < -0.3 is 18.9 Å². The number of nitrogens with zero attached hydrogens (tertiary/aromatic N) is 3. The summed E-state index contributed by atoms with van der Waals surface area (Å²) in [6.07, 6.45) is 3.42. The second-order valence-electron chi connectivity index (χ2n) is 9.27. The van der Waals surface area contributed by atoms with Crippen molar-refractivity contribution in [3.05, 3.63) is 84.2 Å². The lowest BCUT2D eigenvalue weighted by molar-refractivity contribution is -0.117. The van der Waals surface area contributed by atoms with Gasteiger partial charge in [0.05, 0.1) is 24.8 Å². The minimum absolute atomic E-state index is 0.0559. The van der Waals surface area contributed by atoms with Crippen LogP contribution in [0, 0.1) is 0 Å². The van der Waals surface area contributed by atoms with Gasteiger partial charge in [0.25, 0.3) is 0 Å². The summed E-state index contributed by atoms with van der Waals surface area (Å²) in [5.74, 6) is 2.89. The number of carbonyl (C=O) groups is 1. The van der Waals surface area contributed by atoms with Crippen molar-refractivity contribution in [2.75, 3.05) is 25.2 Å². The van der Waals surface area contributed by atoms with Crippen molar-refractivity contribution in [3.8, 4) is 11.5 Å². The Morgan fingerprint density at radius 3 is 2.44 bits per heavy atom. The van der Waals surface area contributed by atoms with Crippen LogP contribution in [0.15, 0.2) is 72.8 Å². The molecule has 6 nitrogen and oxygen atoms in total. The molecule has 1 amide bonds. The highest BCUT2D eigenvalue weighted by Gasteiger charge is 2.34. The van der Waals surface area contributed by atoms with Gasteiger partial charge in [-0.25, -0.2) is 4.98 Å². The van der Waals surface area contributed by atoms with Gasteiger partial charge in [-0.05, 0) is 73.4 Å². The Morgan fingerprint density at radius 1 is 0.944 bits per heavy atom. The van der Waals surface area contributed by atoms with E-state index < -0.39 is 0 Å². The van der Waals surface area contributed by atoms with E-state index in [0.29, 0.717) is 19.6 Å². The molecule has 1 aliphatic heterocycles. The fourth-order valence-electron chi connectivity index (χ4n) is 4.92. The Kier molecular flexibility index (Phi) is 7.21. The molecule has 0 bridgehead atoms. The van der Waals surface area contributed by atoms with E-state index in [1.807, 2.05) is 47.4 Å². The number of anilines is 1. The normalized spacial score (nSPS) is 15.6. The van der Waals surface area contributed by atoms with Gasteiger partial charge in [0.2, 0.25) is 5.91 Å². The molecule has 0 spiro atoms. The Hall–Kier alpha value is -3.80. The van der Waals surface area contributed by atoms with Crippen molar-refractivity contribution < 1.29 is 14.3 Å². The van der Waals surface area contributed by atoms with Crippen LogP contribution in [0.2, 0.25) is 0 Å². The molecule has 6 heteroatoms. The summed E-state index contributed by atoms with van der Waals surface area (Å²) in [5.41, 5.74) is 4.32. The zero-order valence-corrected chi connectivity index (χ0v) is 21.0. The number of rotatable bonds is 10. The summed E-state index contributed by atoms with van der Waals surface area (Å²) < 4.78 is 13.5. The topological polar surface area (TPSA) is 56.6 Å². The fraction of sp³-hybridized carbons (Fsp3) is 0.333. The van der Waals surface area contributed by atoms with Crippen LogP contribution in [0.25, 0.3) is 11.0 Å². The van der Waals surface area contributed by atoms with E-state index in [1.54, 1.807) is 7.11 Å². The zero-order valence-electron chi connectivity index (χ0n) is 21.0. The lowest BCUT2D eigenvalue weighted by atomic mass is 10.1. The summed E-state index contributed by atoms with van der Waals surface area (Å²) in [4.78, 5) is 19.8. The molecular formula is C30H33N3O3. The maximum absolute atomic E-state index is 13.0. The molecule has 0 aliphatic carbocycles. The van der Waals surface area contributed by atoms with Crippen LogP contribution in [0.5, 0.6) is 11.5 Å². The number of carbonyl (C=O) groups excluding carboxylic acids is 1. The second-order valence-corrected chi connectivity index (χ2v) is 9.27. The third-order valence-electron chi connectivity index (χ3n) is 6.93. The molecule has 1 aromatic heterocycles. The first-order valence-corrected chi connectivity index (χ1v) is 12.8. The largest absolute Gasteiger partial charge is 0.497 e. The van der Waals surface area contributed by atoms with E-state index in [9.17, 15) is 4.79 Å². The van der Waals surface area contributed by atoms with E-state index in [-0.39, 0.29) is 11.8 Å². The van der Waals surface area contributed by atoms with Gasteiger partial charge >= 0.3 is 0 Å². The zero-order chi connectivity index (χ0) is 24.9. The lowest BCUT2D eigenvalue weighted by Gasteiger charge is -2.18. The number of unbranched alkanes of at least 4 members (excludes halogenated alkanes) is 1. The van der Waals surface area contributed by atoms with Gasteiger partial charge in [0.1, 0.15) is 17.3 Å². The highest BCUT2D eigenvalue weighted by Crippen LogP contribution is 2.34. The molecule has 0 saturated carbocycles. The molecule has 1 unspecified atom stereocenters.